The molecule has 106 valence electrons. The van der Waals surface area contributed by atoms with Gasteiger partial charge in [-0.15, -0.1) is 0 Å². The first-order chi connectivity index (χ1) is 9.47. The van der Waals surface area contributed by atoms with E-state index in [0.29, 0.717) is 17.3 Å². The summed E-state index contributed by atoms with van der Waals surface area (Å²) < 4.78 is 14.1. The molecule has 20 heavy (non-hydrogen) atoms. The highest BCUT2D eigenvalue weighted by Crippen LogP contribution is 2.24. The smallest absolute Gasteiger partial charge is 0.256 e. The van der Waals surface area contributed by atoms with Crippen molar-refractivity contribution in [2.75, 3.05) is 20.1 Å². The molecule has 2 rings (SSSR count). The van der Waals surface area contributed by atoms with E-state index < -0.39 is 17.3 Å². The van der Waals surface area contributed by atoms with Crippen LogP contribution in [0.4, 0.5) is 4.39 Å². The first-order valence-electron chi connectivity index (χ1n) is 6.34. The highest BCUT2D eigenvalue weighted by atomic mass is 79.9. The summed E-state index contributed by atoms with van der Waals surface area (Å²) in [6.45, 7) is 1.46. The highest BCUT2D eigenvalue weighted by molar-refractivity contribution is 9.10. The maximum atomic E-state index is 13.8. The summed E-state index contributed by atoms with van der Waals surface area (Å²) in [4.78, 5) is 14.4. The summed E-state index contributed by atoms with van der Waals surface area (Å²) in [7, 11) is 1.97. The van der Waals surface area contributed by atoms with Crippen LogP contribution in [0.1, 0.15) is 23.2 Å². The van der Waals surface area contributed by atoms with E-state index in [1.165, 1.54) is 12.1 Å². The minimum absolute atomic E-state index is 0.0546. The quantitative estimate of drug-likeness (QED) is 0.899. The van der Waals surface area contributed by atoms with Crippen molar-refractivity contribution in [2.45, 2.75) is 18.4 Å². The van der Waals surface area contributed by atoms with E-state index >= 15 is 0 Å². The second-order valence-corrected chi connectivity index (χ2v) is 5.90. The van der Waals surface area contributed by atoms with Crippen LogP contribution in [0.2, 0.25) is 0 Å². The number of hydrogen-bond acceptors (Lipinski definition) is 3. The van der Waals surface area contributed by atoms with Crippen molar-refractivity contribution in [1.29, 1.82) is 5.26 Å². The molecule has 0 radical (unpaired) electrons. The molecule has 0 saturated carbocycles. The Bertz CT molecular complexity index is 542. The summed E-state index contributed by atoms with van der Waals surface area (Å²) in [5.74, 6) is -1.15. The minimum Gasteiger partial charge on any atom is -0.333 e. The average molecular weight is 340 g/mol. The van der Waals surface area contributed by atoms with E-state index in [-0.39, 0.29) is 5.56 Å². The number of amides is 1. The number of hydrogen-bond donors (Lipinski definition) is 1. The van der Waals surface area contributed by atoms with Gasteiger partial charge >= 0.3 is 0 Å². The number of piperidine rings is 1. The zero-order valence-corrected chi connectivity index (χ0v) is 12.7. The van der Waals surface area contributed by atoms with Gasteiger partial charge in [0.2, 0.25) is 0 Å². The van der Waals surface area contributed by atoms with E-state index in [1.807, 2.05) is 7.05 Å². The van der Waals surface area contributed by atoms with Crippen LogP contribution >= 0.6 is 15.9 Å². The number of nitrogens with zero attached hydrogens (tertiary/aromatic N) is 2. The minimum atomic E-state index is -0.911. The molecule has 4 nitrogen and oxygen atoms in total. The zero-order chi connectivity index (χ0) is 14.8. The number of likely N-dealkylation sites (tertiary alicyclic amines) is 1. The van der Waals surface area contributed by atoms with Crippen LogP contribution in [0.5, 0.6) is 0 Å². The van der Waals surface area contributed by atoms with E-state index in [9.17, 15) is 14.4 Å². The molecule has 1 aromatic carbocycles. The Morgan fingerprint density at radius 3 is 2.70 bits per heavy atom. The molecule has 0 spiro atoms. The van der Waals surface area contributed by atoms with Crippen molar-refractivity contribution >= 4 is 21.8 Å². The van der Waals surface area contributed by atoms with Crippen LogP contribution in [0.3, 0.4) is 0 Å². The Balaban J connectivity index is 2.21. The van der Waals surface area contributed by atoms with E-state index in [0.717, 1.165) is 13.1 Å². The summed E-state index contributed by atoms with van der Waals surface area (Å²) in [6, 6.07) is 6.53. The Morgan fingerprint density at radius 1 is 1.50 bits per heavy atom. The van der Waals surface area contributed by atoms with Crippen LogP contribution in [0, 0.1) is 17.1 Å². The van der Waals surface area contributed by atoms with Gasteiger partial charge in [-0.25, -0.2) is 4.39 Å². The third-order valence-electron chi connectivity index (χ3n) is 3.60. The van der Waals surface area contributed by atoms with E-state index in [2.05, 4.69) is 32.2 Å². The van der Waals surface area contributed by atoms with Crippen molar-refractivity contribution in [3.63, 3.8) is 0 Å². The van der Waals surface area contributed by atoms with E-state index in [4.69, 9.17) is 0 Å². The molecule has 1 amide bonds. The van der Waals surface area contributed by atoms with Gasteiger partial charge in [-0.1, -0.05) is 6.07 Å². The molecule has 1 aliphatic rings. The number of halogens is 2. The molecule has 0 atom stereocenters. The standard InChI is InChI=1S/C14H15BrFN3O/c1-19-7-5-14(9-17,6-8-19)18-13(20)12-10(15)3-2-4-11(12)16/h2-4H,5-8H2,1H3,(H,18,20). The molecule has 0 aromatic heterocycles. The Hall–Kier alpha value is -1.45. The topological polar surface area (TPSA) is 56.1 Å². The van der Waals surface area contributed by atoms with Gasteiger partial charge in [0, 0.05) is 17.6 Å². The van der Waals surface area contributed by atoms with E-state index in [1.54, 1.807) is 6.07 Å². The summed E-state index contributed by atoms with van der Waals surface area (Å²) in [6.07, 6.45) is 1.08. The lowest BCUT2D eigenvalue weighted by molar-refractivity contribution is 0.0877. The van der Waals surface area contributed by atoms with Crippen molar-refractivity contribution in [2.24, 2.45) is 0 Å². The van der Waals surface area contributed by atoms with Crippen LogP contribution < -0.4 is 5.32 Å². The molecule has 1 aromatic rings. The normalized spacial score (nSPS) is 18.3. The number of rotatable bonds is 2. The second-order valence-electron chi connectivity index (χ2n) is 5.05. The van der Waals surface area contributed by atoms with Gasteiger partial charge in [-0.05, 0) is 48.0 Å². The molecular weight excluding hydrogens is 325 g/mol. The van der Waals surface area contributed by atoms with Crippen molar-refractivity contribution in [1.82, 2.24) is 10.2 Å². The molecule has 0 unspecified atom stereocenters. The number of benzene rings is 1. The fraction of sp³-hybridized carbons (Fsp3) is 0.429. The fourth-order valence-corrected chi connectivity index (χ4v) is 2.78. The van der Waals surface area contributed by atoms with Gasteiger partial charge in [0.25, 0.3) is 5.91 Å². The maximum absolute atomic E-state index is 13.8. The predicted octanol–water partition coefficient (Wildman–Crippen LogP) is 2.31. The van der Waals surface area contributed by atoms with Crippen molar-refractivity contribution in [3.05, 3.63) is 34.1 Å². The first-order valence-corrected chi connectivity index (χ1v) is 7.13. The molecular formula is C14H15BrFN3O. The molecule has 0 bridgehead atoms. The highest BCUT2D eigenvalue weighted by Gasteiger charge is 2.36. The number of carbonyl (C=O) groups is 1. The van der Waals surface area contributed by atoms with Crippen LogP contribution in [0.25, 0.3) is 0 Å². The molecule has 6 heteroatoms. The van der Waals surface area contributed by atoms with Gasteiger partial charge in [0.1, 0.15) is 11.4 Å². The number of nitrogens with one attached hydrogen (secondary N) is 1. The lowest BCUT2D eigenvalue weighted by Gasteiger charge is -2.36. The summed E-state index contributed by atoms with van der Waals surface area (Å²) in [5.41, 5.74) is -0.966. The van der Waals surface area contributed by atoms with Crippen molar-refractivity contribution < 1.29 is 9.18 Å². The second kappa shape index (κ2) is 5.90. The monoisotopic (exact) mass is 339 g/mol. The fourth-order valence-electron chi connectivity index (χ4n) is 2.26. The zero-order valence-electron chi connectivity index (χ0n) is 11.1. The Kier molecular flexibility index (Phi) is 4.41. The Labute approximate surface area is 125 Å². The van der Waals surface area contributed by atoms with Crippen LogP contribution in [0.15, 0.2) is 22.7 Å². The number of carbonyl (C=O) groups excluding carboxylic acids is 1. The lowest BCUT2D eigenvalue weighted by atomic mass is 9.89. The average Bonchev–Trinajstić information content (AvgIpc) is 2.41. The van der Waals surface area contributed by atoms with Crippen LogP contribution in [-0.2, 0) is 0 Å². The van der Waals surface area contributed by atoms with Gasteiger partial charge in [-0.2, -0.15) is 5.26 Å². The van der Waals surface area contributed by atoms with Crippen LogP contribution in [-0.4, -0.2) is 36.5 Å². The predicted molar refractivity (Wildman–Crippen MR) is 76.6 cm³/mol. The molecule has 0 aliphatic carbocycles. The molecule has 1 fully saturated rings. The third kappa shape index (κ3) is 3.00. The molecule has 1 heterocycles. The number of nitriles is 1. The lowest BCUT2D eigenvalue weighted by Crippen LogP contribution is -2.54. The first kappa shape index (κ1) is 14.9. The van der Waals surface area contributed by atoms with Crippen molar-refractivity contribution in [3.8, 4) is 6.07 Å². The largest absolute Gasteiger partial charge is 0.333 e. The van der Waals surface area contributed by atoms with Gasteiger partial charge in [0.05, 0.1) is 11.6 Å². The maximum Gasteiger partial charge on any atom is 0.256 e. The Morgan fingerprint density at radius 2 is 2.15 bits per heavy atom. The van der Waals surface area contributed by atoms with Gasteiger partial charge in [0.15, 0.2) is 0 Å². The SMILES string of the molecule is CN1CCC(C#N)(NC(=O)c2c(F)cccc2Br)CC1. The van der Waals surface area contributed by atoms with Gasteiger partial charge in [-0.3, -0.25) is 4.79 Å². The summed E-state index contributed by atoms with van der Waals surface area (Å²) in [5, 5.41) is 12.1. The molecule has 1 N–H and O–H groups in total. The summed E-state index contributed by atoms with van der Waals surface area (Å²) >= 11 is 3.17. The van der Waals surface area contributed by atoms with Gasteiger partial charge < -0.3 is 10.2 Å². The molecule has 1 aliphatic heterocycles. The molecule has 1 saturated heterocycles. The third-order valence-corrected chi connectivity index (χ3v) is 4.26.